The summed E-state index contributed by atoms with van der Waals surface area (Å²) in [5.41, 5.74) is 0. The van der Waals surface area contributed by atoms with Gasteiger partial charge in [-0.1, -0.05) is 13.8 Å². The molecule has 25 heavy (non-hydrogen) atoms. The van der Waals surface area contributed by atoms with Crippen LogP contribution in [-0.4, -0.2) is 60.0 Å². The monoisotopic (exact) mass is 345 g/mol. The zero-order chi connectivity index (χ0) is 17.6. The first-order valence-corrected chi connectivity index (χ1v) is 9.65. The van der Waals surface area contributed by atoms with Gasteiger partial charge in [0.2, 0.25) is 5.91 Å². The van der Waals surface area contributed by atoms with Crippen molar-refractivity contribution in [2.75, 3.05) is 39.3 Å². The van der Waals surface area contributed by atoms with E-state index >= 15 is 0 Å². The Bertz CT molecular complexity index is 543. The Morgan fingerprint density at radius 1 is 1.32 bits per heavy atom. The van der Waals surface area contributed by atoms with E-state index in [9.17, 15) is 4.79 Å². The summed E-state index contributed by atoms with van der Waals surface area (Å²) in [6.07, 6.45) is 6.75. The highest BCUT2D eigenvalue weighted by Gasteiger charge is 2.35. The third-order valence-electron chi connectivity index (χ3n) is 5.12. The summed E-state index contributed by atoms with van der Waals surface area (Å²) in [5.74, 6) is 2.29. The largest absolute Gasteiger partial charge is 0.492 e. The maximum absolute atomic E-state index is 12.9. The number of nitrogens with zero attached hydrogens (tertiary/aromatic N) is 3. The minimum atomic E-state index is 0.119. The minimum absolute atomic E-state index is 0.119. The second-order valence-corrected chi connectivity index (χ2v) is 7.94. The number of aromatic nitrogens is 1. The molecule has 2 aliphatic heterocycles. The van der Waals surface area contributed by atoms with Gasteiger partial charge in [0, 0.05) is 44.8 Å². The molecule has 2 saturated heterocycles. The number of carbonyl (C=O) groups is 1. The van der Waals surface area contributed by atoms with E-state index in [1.165, 1.54) is 0 Å². The molecule has 3 heterocycles. The first-order valence-electron chi connectivity index (χ1n) is 9.65. The lowest BCUT2D eigenvalue weighted by Crippen LogP contribution is -2.49. The van der Waals surface area contributed by atoms with E-state index < -0.39 is 0 Å². The van der Waals surface area contributed by atoms with Crippen LogP contribution in [0.3, 0.4) is 0 Å². The number of piperidine rings is 1. The van der Waals surface area contributed by atoms with Gasteiger partial charge in [-0.2, -0.15) is 0 Å². The molecule has 0 saturated carbocycles. The molecule has 2 aliphatic rings. The number of amides is 1. The topological polar surface area (TPSA) is 45.7 Å². The second-order valence-electron chi connectivity index (χ2n) is 7.94. The van der Waals surface area contributed by atoms with E-state index in [0.29, 0.717) is 24.3 Å². The van der Waals surface area contributed by atoms with Crippen molar-refractivity contribution in [2.45, 2.75) is 33.1 Å². The van der Waals surface area contributed by atoms with Gasteiger partial charge < -0.3 is 14.5 Å². The van der Waals surface area contributed by atoms with E-state index in [2.05, 4.69) is 28.6 Å². The summed E-state index contributed by atoms with van der Waals surface area (Å²) < 4.78 is 5.94. The highest BCUT2D eigenvalue weighted by Crippen LogP contribution is 2.26. The Labute approximate surface area is 151 Å². The lowest BCUT2D eigenvalue weighted by atomic mass is 9.88. The predicted octanol–water partition coefficient (Wildman–Crippen LogP) is 2.68. The number of likely N-dealkylation sites (tertiary alicyclic amines) is 2. The normalized spacial score (nSPS) is 24.7. The lowest BCUT2D eigenvalue weighted by Gasteiger charge is -2.39. The fourth-order valence-electron chi connectivity index (χ4n) is 4.11. The molecule has 1 aromatic heterocycles. The van der Waals surface area contributed by atoms with Crippen LogP contribution in [0, 0.1) is 17.8 Å². The third-order valence-corrected chi connectivity index (χ3v) is 5.12. The number of pyridine rings is 1. The van der Waals surface area contributed by atoms with Gasteiger partial charge >= 0.3 is 0 Å². The summed E-state index contributed by atoms with van der Waals surface area (Å²) in [6.45, 7) is 9.99. The van der Waals surface area contributed by atoms with Gasteiger partial charge in [-0.3, -0.25) is 9.78 Å². The van der Waals surface area contributed by atoms with Gasteiger partial charge in [0.15, 0.2) is 0 Å². The summed E-state index contributed by atoms with van der Waals surface area (Å²) in [5, 5.41) is 0. The van der Waals surface area contributed by atoms with E-state index in [0.717, 1.165) is 57.7 Å². The van der Waals surface area contributed by atoms with E-state index in [-0.39, 0.29) is 5.92 Å². The van der Waals surface area contributed by atoms with Crippen molar-refractivity contribution in [1.82, 2.24) is 14.8 Å². The third kappa shape index (κ3) is 5.18. The number of ether oxygens (including phenoxy) is 1. The Kier molecular flexibility index (Phi) is 6.29. The van der Waals surface area contributed by atoms with E-state index in [1.54, 1.807) is 12.4 Å². The van der Waals surface area contributed by atoms with Crippen LogP contribution in [0.2, 0.25) is 0 Å². The number of carbonyl (C=O) groups excluding carboxylic acids is 1. The summed E-state index contributed by atoms with van der Waals surface area (Å²) in [7, 11) is 0. The van der Waals surface area contributed by atoms with Crippen LogP contribution < -0.4 is 4.74 Å². The van der Waals surface area contributed by atoms with Crippen molar-refractivity contribution in [1.29, 1.82) is 0 Å². The molecule has 2 atom stereocenters. The zero-order valence-electron chi connectivity index (χ0n) is 15.6. The van der Waals surface area contributed by atoms with Crippen LogP contribution in [-0.2, 0) is 4.79 Å². The fourth-order valence-corrected chi connectivity index (χ4v) is 4.11. The maximum atomic E-state index is 12.9. The smallest absolute Gasteiger partial charge is 0.226 e. The first kappa shape index (κ1) is 18.2. The Balaban J connectivity index is 1.61. The van der Waals surface area contributed by atoms with Crippen molar-refractivity contribution in [2.24, 2.45) is 17.8 Å². The molecule has 0 bridgehead atoms. The molecular formula is C20H31N3O2. The minimum Gasteiger partial charge on any atom is -0.492 e. The molecule has 0 spiro atoms. The standard InChI is InChI=1S/C20H31N3O2/c1-16(2)12-22-13-17(15-25-19-6-5-7-21-11-19)10-18(14-22)20(24)23-8-3-4-9-23/h5-7,11,16-18H,3-4,8-10,12-15H2,1-2H3/t17-,18+/m0/s1. The first-order chi connectivity index (χ1) is 12.1. The molecule has 0 aromatic carbocycles. The van der Waals surface area contributed by atoms with Crippen LogP contribution in [0.25, 0.3) is 0 Å². The molecule has 1 aromatic rings. The molecular weight excluding hydrogens is 314 g/mol. The highest BCUT2D eigenvalue weighted by atomic mass is 16.5. The SMILES string of the molecule is CC(C)CN1C[C@@H](COc2cccnc2)C[C@@H](C(=O)N2CCCC2)C1. The van der Waals surface area contributed by atoms with Gasteiger partial charge in [0.1, 0.15) is 5.75 Å². The van der Waals surface area contributed by atoms with Gasteiger partial charge in [-0.05, 0) is 37.3 Å². The van der Waals surface area contributed by atoms with Gasteiger partial charge in [0.05, 0.1) is 18.7 Å². The summed E-state index contributed by atoms with van der Waals surface area (Å²) >= 11 is 0. The number of hydrogen-bond acceptors (Lipinski definition) is 4. The van der Waals surface area contributed by atoms with Crippen LogP contribution in [0.4, 0.5) is 0 Å². The van der Waals surface area contributed by atoms with Crippen molar-refractivity contribution in [3.63, 3.8) is 0 Å². The average Bonchev–Trinajstić information content (AvgIpc) is 3.14. The fraction of sp³-hybridized carbons (Fsp3) is 0.700. The molecule has 3 rings (SSSR count). The Hall–Kier alpha value is -1.62. The number of hydrogen-bond donors (Lipinski definition) is 0. The molecule has 138 valence electrons. The van der Waals surface area contributed by atoms with E-state index in [4.69, 9.17) is 4.74 Å². The molecule has 5 nitrogen and oxygen atoms in total. The Morgan fingerprint density at radius 2 is 2.12 bits per heavy atom. The van der Waals surface area contributed by atoms with Crippen molar-refractivity contribution >= 4 is 5.91 Å². The van der Waals surface area contributed by atoms with Gasteiger partial charge in [0.25, 0.3) is 0 Å². The summed E-state index contributed by atoms with van der Waals surface area (Å²) in [6, 6.07) is 3.83. The van der Waals surface area contributed by atoms with Crippen LogP contribution >= 0.6 is 0 Å². The number of rotatable bonds is 6. The predicted molar refractivity (Wildman–Crippen MR) is 98.4 cm³/mol. The zero-order valence-corrected chi connectivity index (χ0v) is 15.6. The summed E-state index contributed by atoms with van der Waals surface area (Å²) in [4.78, 5) is 21.5. The molecule has 2 fully saturated rings. The molecule has 0 N–H and O–H groups in total. The molecule has 0 aliphatic carbocycles. The molecule has 1 amide bonds. The molecule has 0 radical (unpaired) electrons. The lowest BCUT2D eigenvalue weighted by molar-refractivity contribution is -0.137. The van der Waals surface area contributed by atoms with Crippen molar-refractivity contribution < 1.29 is 9.53 Å². The molecule has 0 unspecified atom stereocenters. The quantitative estimate of drug-likeness (QED) is 0.795. The highest BCUT2D eigenvalue weighted by molar-refractivity contribution is 5.79. The average molecular weight is 345 g/mol. The van der Waals surface area contributed by atoms with Crippen molar-refractivity contribution in [3.05, 3.63) is 24.5 Å². The molecule has 5 heteroatoms. The van der Waals surface area contributed by atoms with Crippen molar-refractivity contribution in [3.8, 4) is 5.75 Å². The maximum Gasteiger partial charge on any atom is 0.226 e. The van der Waals surface area contributed by atoms with Gasteiger partial charge in [-0.25, -0.2) is 0 Å². The second kappa shape index (κ2) is 8.65. The van der Waals surface area contributed by atoms with Gasteiger partial charge in [-0.15, -0.1) is 0 Å². The van der Waals surface area contributed by atoms with E-state index in [1.807, 2.05) is 12.1 Å². The van der Waals surface area contributed by atoms with Crippen LogP contribution in [0.5, 0.6) is 5.75 Å². The van der Waals surface area contributed by atoms with Crippen LogP contribution in [0.15, 0.2) is 24.5 Å². The Morgan fingerprint density at radius 3 is 2.80 bits per heavy atom. The van der Waals surface area contributed by atoms with Crippen LogP contribution in [0.1, 0.15) is 33.1 Å².